The first kappa shape index (κ1) is 18.5. The zero-order valence-electron chi connectivity index (χ0n) is 15.0. The predicted molar refractivity (Wildman–Crippen MR) is 104 cm³/mol. The van der Waals surface area contributed by atoms with Gasteiger partial charge in [-0.3, -0.25) is 9.59 Å². The van der Waals surface area contributed by atoms with E-state index in [1.54, 1.807) is 0 Å². The van der Waals surface area contributed by atoms with Crippen LogP contribution < -0.4 is 15.5 Å². The van der Waals surface area contributed by atoms with Gasteiger partial charge in [0.2, 0.25) is 11.8 Å². The lowest BCUT2D eigenvalue weighted by Gasteiger charge is -2.23. The summed E-state index contributed by atoms with van der Waals surface area (Å²) in [6.45, 7) is 1.39. The summed E-state index contributed by atoms with van der Waals surface area (Å²) in [5, 5.41) is 5.44. The van der Waals surface area contributed by atoms with Crippen LogP contribution in [0.5, 0.6) is 0 Å². The summed E-state index contributed by atoms with van der Waals surface area (Å²) < 4.78 is 0. The number of carbonyl (C=O) groups is 2. The second kappa shape index (κ2) is 8.38. The molecule has 1 heterocycles. The van der Waals surface area contributed by atoms with Gasteiger partial charge in [-0.05, 0) is 17.7 Å². The summed E-state index contributed by atoms with van der Waals surface area (Å²) in [5.41, 5.74) is 3.17. The highest BCUT2D eigenvalue weighted by molar-refractivity contribution is 8.01. The number of quaternary nitrogens is 1. The van der Waals surface area contributed by atoms with E-state index in [1.807, 2.05) is 42.5 Å². The van der Waals surface area contributed by atoms with Gasteiger partial charge in [-0.15, -0.1) is 11.8 Å². The molecule has 3 rings (SSSR count). The molecule has 0 radical (unpaired) electrons. The van der Waals surface area contributed by atoms with Crippen molar-refractivity contribution in [1.82, 2.24) is 5.32 Å². The van der Waals surface area contributed by atoms with Crippen LogP contribution in [0.1, 0.15) is 17.5 Å². The van der Waals surface area contributed by atoms with E-state index in [2.05, 4.69) is 30.8 Å². The Morgan fingerprint density at radius 1 is 1.12 bits per heavy atom. The van der Waals surface area contributed by atoms with Crippen LogP contribution in [-0.4, -0.2) is 31.2 Å². The number of amides is 2. The third-order valence-corrected chi connectivity index (χ3v) is 5.49. The Bertz CT molecular complexity index is 807. The first-order valence-corrected chi connectivity index (χ1v) is 9.60. The summed E-state index contributed by atoms with van der Waals surface area (Å²) in [5.74, 6) is -0.218. The van der Waals surface area contributed by atoms with E-state index in [1.165, 1.54) is 22.2 Å². The second-order valence-electron chi connectivity index (χ2n) is 6.73. The Morgan fingerprint density at radius 2 is 1.81 bits per heavy atom. The molecule has 5 nitrogen and oxygen atoms in total. The number of anilines is 1. The number of rotatable bonds is 6. The van der Waals surface area contributed by atoms with Crippen LogP contribution in [-0.2, 0) is 22.7 Å². The van der Waals surface area contributed by atoms with E-state index < -0.39 is 5.25 Å². The molecule has 136 valence electrons. The second-order valence-corrected chi connectivity index (χ2v) is 7.97. The third-order valence-electron chi connectivity index (χ3n) is 4.22. The van der Waals surface area contributed by atoms with Gasteiger partial charge in [0.05, 0.1) is 25.0 Å². The minimum absolute atomic E-state index is 0.107. The zero-order chi connectivity index (χ0) is 18.5. The quantitative estimate of drug-likeness (QED) is 0.721. The lowest BCUT2D eigenvalue weighted by molar-refractivity contribution is -0.872. The van der Waals surface area contributed by atoms with Crippen molar-refractivity contribution < 1.29 is 14.5 Å². The monoisotopic (exact) mass is 370 g/mol. The molecule has 0 saturated carbocycles. The van der Waals surface area contributed by atoms with Gasteiger partial charge < -0.3 is 15.5 Å². The first-order chi connectivity index (χ1) is 12.5. The topological polar surface area (TPSA) is 62.6 Å². The summed E-state index contributed by atoms with van der Waals surface area (Å²) in [7, 11) is 4.21. The maximum Gasteiger partial charge on any atom is 0.238 e. The summed E-state index contributed by atoms with van der Waals surface area (Å²) in [4.78, 5) is 26.9. The summed E-state index contributed by atoms with van der Waals surface area (Å²) in [6, 6.07) is 15.8. The van der Waals surface area contributed by atoms with Crippen LogP contribution in [0.25, 0.3) is 0 Å². The molecule has 1 atom stereocenters. The van der Waals surface area contributed by atoms with Gasteiger partial charge in [0, 0.05) is 23.4 Å². The van der Waals surface area contributed by atoms with Crippen molar-refractivity contribution in [2.45, 2.75) is 29.7 Å². The molecular formula is C20H24N3O2S+. The van der Waals surface area contributed by atoms with Crippen LogP contribution >= 0.6 is 11.8 Å². The standard InChI is InChI=1S/C20H23N3O2S/c1-23(2)13-15-8-4-3-7-14(15)12-21-19(24)11-18-20(25)22-16-9-5-6-10-17(16)26-18/h3-10,18H,11-13H2,1-2H3,(H,21,24)(H,22,25)/p+1/t18-/m0/s1. The Hall–Kier alpha value is -2.31. The Balaban J connectivity index is 1.58. The van der Waals surface area contributed by atoms with Crippen molar-refractivity contribution in [2.24, 2.45) is 0 Å². The molecule has 1 aliphatic rings. The summed E-state index contributed by atoms with van der Waals surface area (Å²) in [6.07, 6.45) is 0.173. The molecule has 2 aromatic rings. The number of fused-ring (bicyclic) bond motifs is 1. The number of carbonyl (C=O) groups excluding carboxylic acids is 2. The van der Waals surface area contributed by atoms with Crippen LogP contribution in [0.15, 0.2) is 53.4 Å². The SMILES string of the molecule is C[NH+](C)Cc1ccccc1CNC(=O)C[C@@H]1Sc2ccccc2NC1=O. The van der Waals surface area contributed by atoms with E-state index in [0.717, 1.165) is 22.7 Å². The van der Waals surface area contributed by atoms with Crippen LogP contribution in [0, 0.1) is 0 Å². The van der Waals surface area contributed by atoms with Gasteiger partial charge in [0.25, 0.3) is 0 Å². The molecule has 0 spiro atoms. The highest BCUT2D eigenvalue weighted by atomic mass is 32.2. The largest absolute Gasteiger partial charge is 0.352 e. The molecule has 6 heteroatoms. The highest BCUT2D eigenvalue weighted by Gasteiger charge is 2.28. The Morgan fingerprint density at radius 3 is 2.58 bits per heavy atom. The molecule has 0 aliphatic carbocycles. The van der Waals surface area contributed by atoms with Gasteiger partial charge in [-0.1, -0.05) is 36.4 Å². The average molecular weight is 370 g/mol. The van der Waals surface area contributed by atoms with Gasteiger partial charge in [0.1, 0.15) is 6.54 Å². The van der Waals surface area contributed by atoms with Crippen molar-refractivity contribution in [2.75, 3.05) is 19.4 Å². The van der Waals surface area contributed by atoms with Gasteiger partial charge in [-0.2, -0.15) is 0 Å². The molecule has 26 heavy (non-hydrogen) atoms. The van der Waals surface area contributed by atoms with Gasteiger partial charge in [0.15, 0.2) is 0 Å². The molecule has 0 fully saturated rings. The van der Waals surface area contributed by atoms with Gasteiger partial charge in [-0.25, -0.2) is 0 Å². The fraction of sp³-hybridized carbons (Fsp3) is 0.300. The Labute approximate surface area is 158 Å². The number of nitrogens with one attached hydrogen (secondary N) is 3. The first-order valence-electron chi connectivity index (χ1n) is 8.72. The molecule has 0 aromatic heterocycles. The average Bonchev–Trinajstić information content (AvgIpc) is 2.61. The summed E-state index contributed by atoms with van der Waals surface area (Å²) >= 11 is 1.45. The van der Waals surface area contributed by atoms with E-state index in [9.17, 15) is 9.59 Å². The van der Waals surface area contributed by atoms with Gasteiger partial charge >= 0.3 is 0 Å². The number of para-hydroxylation sites is 1. The minimum Gasteiger partial charge on any atom is -0.352 e. The molecule has 0 saturated heterocycles. The van der Waals surface area contributed by atoms with E-state index in [4.69, 9.17) is 0 Å². The van der Waals surface area contributed by atoms with E-state index in [0.29, 0.717) is 6.54 Å². The van der Waals surface area contributed by atoms with Crippen molar-refractivity contribution in [3.8, 4) is 0 Å². The molecular weight excluding hydrogens is 346 g/mol. The van der Waals surface area contributed by atoms with Crippen molar-refractivity contribution in [3.05, 3.63) is 59.7 Å². The molecule has 1 aliphatic heterocycles. The highest BCUT2D eigenvalue weighted by Crippen LogP contribution is 2.36. The number of benzene rings is 2. The fourth-order valence-electron chi connectivity index (χ4n) is 2.94. The van der Waals surface area contributed by atoms with E-state index >= 15 is 0 Å². The van der Waals surface area contributed by atoms with Crippen LogP contribution in [0.2, 0.25) is 0 Å². The van der Waals surface area contributed by atoms with Crippen molar-refractivity contribution in [3.63, 3.8) is 0 Å². The van der Waals surface area contributed by atoms with Crippen molar-refractivity contribution >= 4 is 29.3 Å². The fourth-order valence-corrected chi connectivity index (χ4v) is 4.06. The van der Waals surface area contributed by atoms with Crippen molar-refractivity contribution in [1.29, 1.82) is 0 Å². The number of hydrogen-bond acceptors (Lipinski definition) is 3. The maximum absolute atomic E-state index is 12.4. The third kappa shape index (κ3) is 4.65. The molecule has 2 amide bonds. The molecule has 0 unspecified atom stereocenters. The Kier molecular flexibility index (Phi) is 5.96. The molecule has 0 bridgehead atoms. The van der Waals surface area contributed by atoms with Crippen LogP contribution in [0.3, 0.4) is 0 Å². The predicted octanol–water partition coefficient (Wildman–Crippen LogP) is 1.45. The number of hydrogen-bond donors (Lipinski definition) is 3. The molecule has 2 aromatic carbocycles. The zero-order valence-corrected chi connectivity index (χ0v) is 15.9. The lowest BCUT2D eigenvalue weighted by atomic mass is 10.1. The number of thioether (sulfide) groups is 1. The minimum atomic E-state index is -0.397. The normalized spacial score (nSPS) is 16.1. The lowest BCUT2D eigenvalue weighted by Crippen LogP contribution is -3.04. The van der Waals surface area contributed by atoms with Crippen LogP contribution in [0.4, 0.5) is 5.69 Å². The smallest absolute Gasteiger partial charge is 0.238 e. The molecule has 3 N–H and O–H groups in total. The van der Waals surface area contributed by atoms with E-state index in [-0.39, 0.29) is 18.2 Å². The maximum atomic E-state index is 12.4.